The van der Waals surface area contributed by atoms with Gasteiger partial charge in [-0.05, 0) is 38.8 Å². The van der Waals surface area contributed by atoms with Crippen LogP contribution in [0, 0.1) is 0 Å². The molecule has 22 heavy (non-hydrogen) atoms. The van der Waals surface area contributed by atoms with Gasteiger partial charge < -0.3 is 15.8 Å². The Morgan fingerprint density at radius 1 is 1.45 bits per heavy atom. The maximum Gasteiger partial charge on any atom is 0.255 e. The van der Waals surface area contributed by atoms with Crippen molar-refractivity contribution < 1.29 is 9.53 Å². The monoisotopic (exact) mass is 323 g/mol. The summed E-state index contributed by atoms with van der Waals surface area (Å²) in [6.45, 7) is 4.56. The Hall–Kier alpha value is -1.46. The molecule has 0 unspecified atom stereocenters. The molecular formula is C16H22ClN3O2. The SMILES string of the molecule is CCOc1cc(N)c(Cl)cc1C(=O)N[C@@H]1CCN2CCC[C@H]12. The first-order valence-electron chi connectivity index (χ1n) is 7.87. The predicted octanol–water partition coefficient (Wildman–Crippen LogP) is 2.29. The van der Waals surface area contributed by atoms with Crippen molar-refractivity contribution in [2.75, 3.05) is 25.4 Å². The van der Waals surface area contributed by atoms with Gasteiger partial charge in [-0.1, -0.05) is 11.6 Å². The minimum Gasteiger partial charge on any atom is -0.493 e. The maximum absolute atomic E-state index is 12.6. The lowest BCUT2D eigenvalue weighted by Gasteiger charge is -2.22. The van der Waals surface area contributed by atoms with E-state index in [0.29, 0.717) is 34.7 Å². The van der Waals surface area contributed by atoms with Crippen molar-refractivity contribution >= 4 is 23.2 Å². The van der Waals surface area contributed by atoms with Crippen molar-refractivity contribution in [3.05, 3.63) is 22.7 Å². The Kier molecular flexibility index (Phi) is 4.45. The fourth-order valence-electron chi connectivity index (χ4n) is 3.52. The van der Waals surface area contributed by atoms with Gasteiger partial charge in [0.2, 0.25) is 0 Å². The molecule has 1 amide bonds. The number of nitrogens with zero attached hydrogens (tertiary/aromatic N) is 1. The summed E-state index contributed by atoms with van der Waals surface area (Å²) in [6.07, 6.45) is 3.38. The Balaban J connectivity index is 1.78. The molecule has 0 spiro atoms. The van der Waals surface area contributed by atoms with E-state index < -0.39 is 0 Å². The normalized spacial score (nSPS) is 24.3. The van der Waals surface area contributed by atoms with Crippen LogP contribution in [0.2, 0.25) is 5.02 Å². The summed E-state index contributed by atoms with van der Waals surface area (Å²) in [5.74, 6) is 0.354. The van der Waals surface area contributed by atoms with Crippen LogP contribution in [-0.2, 0) is 0 Å². The lowest BCUT2D eigenvalue weighted by molar-refractivity contribution is 0.0926. The van der Waals surface area contributed by atoms with Crippen LogP contribution in [0.3, 0.4) is 0 Å². The zero-order valence-electron chi connectivity index (χ0n) is 12.8. The smallest absolute Gasteiger partial charge is 0.255 e. The largest absolute Gasteiger partial charge is 0.493 e. The molecule has 0 aromatic heterocycles. The highest BCUT2D eigenvalue weighted by Crippen LogP contribution is 2.31. The third kappa shape index (κ3) is 2.88. The Bertz CT molecular complexity index is 579. The number of nitrogens with two attached hydrogens (primary N) is 1. The molecule has 2 saturated heterocycles. The van der Waals surface area contributed by atoms with Gasteiger partial charge in [-0.25, -0.2) is 0 Å². The molecular weight excluding hydrogens is 302 g/mol. The van der Waals surface area contributed by atoms with E-state index in [9.17, 15) is 4.79 Å². The van der Waals surface area contributed by atoms with Crippen LogP contribution in [-0.4, -0.2) is 42.6 Å². The first kappa shape index (κ1) is 15.4. The van der Waals surface area contributed by atoms with Crippen LogP contribution in [0.25, 0.3) is 0 Å². The number of anilines is 1. The second-order valence-electron chi connectivity index (χ2n) is 5.92. The number of halogens is 1. The predicted molar refractivity (Wildman–Crippen MR) is 87.5 cm³/mol. The summed E-state index contributed by atoms with van der Waals surface area (Å²) in [5.41, 5.74) is 6.68. The molecule has 1 aromatic carbocycles. The van der Waals surface area contributed by atoms with E-state index in [4.69, 9.17) is 22.1 Å². The molecule has 120 valence electrons. The fourth-order valence-corrected chi connectivity index (χ4v) is 3.68. The van der Waals surface area contributed by atoms with Crippen LogP contribution in [0.4, 0.5) is 5.69 Å². The molecule has 2 aliphatic rings. The zero-order valence-corrected chi connectivity index (χ0v) is 13.5. The number of carbonyl (C=O) groups excluding carboxylic acids is 1. The van der Waals surface area contributed by atoms with Crippen molar-refractivity contribution in [2.45, 2.75) is 38.3 Å². The number of hydrogen-bond acceptors (Lipinski definition) is 4. The summed E-state index contributed by atoms with van der Waals surface area (Å²) < 4.78 is 5.54. The number of carbonyl (C=O) groups is 1. The standard InChI is InChI=1S/C16H22ClN3O2/c1-2-22-15-9-12(18)11(17)8-10(15)16(21)19-13-5-7-20-6-3-4-14(13)20/h8-9,13-14H,2-7,18H2,1H3,(H,19,21)/t13-,14-/m1/s1. The quantitative estimate of drug-likeness (QED) is 0.834. The van der Waals surface area contributed by atoms with Crippen LogP contribution >= 0.6 is 11.6 Å². The summed E-state index contributed by atoms with van der Waals surface area (Å²) >= 11 is 6.07. The second kappa shape index (κ2) is 6.34. The molecule has 1 aromatic rings. The number of amides is 1. The van der Waals surface area contributed by atoms with E-state index in [1.165, 1.54) is 6.42 Å². The average molecular weight is 324 g/mol. The molecule has 0 saturated carbocycles. The minimum absolute atomic E-state index is 0.135. The minimum atomic E-state index is -0.135. The van der Waals surface area contributed by atoms with Crippen molar-refractivity contribution in [1.82, 2.24) is 10.2 Å². The Morgan fingerprint density at radius 3 is 3.05 bits per heavy atom. The molecule has 0 bridgehead atoms. The molecule has 2 heterocycles. The van der Waals surface area contributed by atoms with E-state index in [2.05, 4.69) is 10.2 Å². The van der Waals surface area contributed by atoms with E-state index >= 15 is 0 Å². The number of nitrogens with one attached hydrogen (secondary N) is 1. The highest BCUT2D eigenvalue weighted by molar-refractivity contribution is 6.33. The maximum atomic E-state index is 12.6. The van der Waals surface area contributed by atoms with Gasteiger partial charge in [-0.2, -0.15) is 0 Å². The lowest BCUT2D eigenvalue weighted by atomic mass is 10.1. The van der Waals surface area contributed by atoms with E-state index in [1.807, 2.05) is 6.92 Å². The van der Waals surface area contributed by atoms with Gasteiger partial charge >= 0.3 is 0 Å². The first-order chi connectivity index (χ1) is 10.6. The van der Waals surface area contributed by atoms with Crippen molar-refractivity contribution in [2.24, 2.45) is 0 Å². The van der Waals surface area contributed by atoms with Gasteiger partial charge in [0, 0.05) is 24.7 Å². The van der Waals surface area contributed by atoms with Gasteiger partial charge in [0.05, 0.1) is 22.9 Å². The second-order valence-corrected chi connectivity index (χ2v) is 6.32. The van der Waals surface area contributed by atoms with Crippen LogP contribution < -0.4 is 15.8 Å². The number of rotatable bonds is 4. The van der Waals surface area contributed by atoms with Gasteiger partial charge in [-0.15, -0.1) is 0 Å². The van der Waals surface area contributed by atoms with Crippen LogP contribution in [0.15, 0.2) is 12.1 Å². The molecule has 3 N–H and O–H groups in total. The first-order valence-corrected chi connectivity index (χ1v) is 8.24. The Morgan fingerprint density at radius 2 is 2.27 bits per heavy atom. The summed E-state index contributed by atoms with van der Waals surface area (Å²) in [7, 11) is 0. The highest BCUT2D eigenvalue weighted by Gasteiger charge is 2.38. The van der Waals surface area contributed by atoms with Gasteiger partial charge in [0.15, 0.2) is 0 Å². The molecule has 2 aliphatic heterocycles. The zero-order chi connectivity index (χ0) is 15.7. The molecule has 2 fully saturated rings. The summed E-state index contributed by atoms with van der Waals surface area (Å²) in [4.78, 5) is 15.1. The molecule has 0 radical (unpaired) electrons. The molecule has 6 heteroatoms. The van der Waals surface area contributed by atoms with Crippen molar-refractivity contribution in [1.29, 1.82) is 0 Å². The number of hydrogen-bond donors (Lipinski definition) is 2. The third-order valence-corrected chi connectivity index (χ3v) is 4.89. The van der Waals surface area contributed by atoms with Gasteiger partial charge in [0.1, 0.15) is 5.75 Å². The molecule has 2 atom stereocenters. The summed E-state index contributed by atoms with van der Waals surface area (Å²) in [6, 6.07) is 3.90. The molecule has 3 rings (SSSR count). The van der Waals surface area contributed by atoms with Gasteiger partial charge in [0.25, 0.3) is 5.91 Å². The van der Waals surface area contributed by atoms with Crippen LogP contribution in [0.5, 0.6) is 5.75 Å². The topological polar surface area (TPSA) is 67.6 Å². The molecule has 5 nitrogen and oxygen atoms in total. The number of ether oxygens (including phenoxy) is 1. The van der Waals surface area contributed by atoms with Gasteiger partial charge in [-0.3, -0.25) is 9.69 Å². The van der Waals surface area contributed by atoms with E-state index in [1.54, 1.807) is 12.1 Å². The fraction of sp³-hybridized carbons (Fsp3) is 0.562. The number of benzene rings is 1. The molecule has 0 aliphatic carbocycles. The Labute approximate surface area is 135 Å². The van der Waals surface area contributed by atoms with E-state index in [-0.39, 0.29) is 11.9 Å². The average Bonchev–Trinajstić information content (AvgIpc) is 3.08. The summed E-state index contributed by atoms with van der Waals surface area (Å²) in [5, 5.41) is 3.53. The highest BCUT2D eigenvalue weighted by atomic mass is 35.5. The third-order valence-electron chi connectivity index (χ3n) is 4.57. The number of nitrogen functional groups attached to an aromatic ring is 1. The van der Waals surface area contributed by atoms with E-state index in [0.717, 1.165) is 25.9 Å². The lowest BCUT2D eigenvalue weighted by Crippen LogP contribution is -2.42. The van der Waals surface area contributed by atoms with Crippen LogP contribution in [0.1, 0.15) is 36.5 Å². The van der Waals surface area contributed by atoms with Crippen molar-refractivity contribution in [3.63, 3.8) is 0 Å². The van der Waals surface area contributed by atoms with Crippen molar-refractivity contribution in [3.8, 4) is 5.75 Å². The number of fused-ring (bicyclic) bond motifs is 1.